The lowest BCUT2D eigenvalue weighted by Crippen LogP contribution is -2.42. The Labute approximate surface area is 215 Å². The molecule has 3 aromatic rings. The first-order chi connectivity index (χ1) is 17.9. The molecular weight excluding hydrogens is 470 g/mol. The third-order valence-electron chi connectivity index (χ3n) is 6.36. The average molecular weight is 500 g/mol. The van der Waals surface area contributed by atoms with E-state index in [0.29, 0.717) is 36.4 Å². The Kier molecular flexibility index (Phi) is 7.83. The molecule has 4 rings (SSSR count). The van der Waals surface area contributed by atoms with Crippen LogP contribution in [0.1, 0.15) is 33.5 Å². The smallest absolute Gasteiger partial charge is 0.305 e. The summed E-state index contributed by atoms with van der Waals surface area (Å²) in [7, 11) is 1.68. The zero-order chi connectivity index (χ0) is 26.4. The van der Waals surface area contributed by atoms with E-state index in [2.05, 4.69) is 10.4 Å². The SMILES string of the molecule is CN(C(=O)c1ccc2c(c1)NC(CC(=O)O)C(=O)N(CCc1ccccc1)C2)c1ccc(C=NN)cc1. The van der Waals surface area contributed by atoms with Crippen molar-refractivity contribution in [3.8, 4) is 0 Å². The summed E-state index contributed by atoms with van der Waals surface area (Å²) < 4.78 is 0. The van der Waals surface area contributed by atoms with Crippen molar-refractivity contribution in [2.24, 2.45) is 10.9 Å². The molecule has 0 saturated carbocycles. The number of aliphatic carboxylic acids is 1. The van der Waals surface area contributed by atoms with Gasteiger partial charge in [0.05, 0.1) is 12.6 Å². The minimum Gasteiger partial charge on any atom is -0.481 e. The van der Waals surface area contributed by atoms with Crippen molar-refractivity contribution < 1.29 is 19.5 Å². The van der Waals surface area contributed by atoms with Crippen LogP contribution in [0.3, 0.4) is 0 Å². The predicted molar refractivity (Wildman–Crippen MR) is 143 cm³/mol. The number of hydrazone groups is 1. The average Bonchev–Trinajstić information content (AvgIpc) is 3.03. The molecule has 4 N–H and O–H groups in total. The summed E-state index contributed by atoms with van der Waals surface area (Å²) in [5.41, 5.74) is 4.41. The fourth-order valence-electron chi connectivity index (χ4n) is 4.33. The Bertz CT molecular complexity index is 1310. The van der Waals surface area contributed by atoms with Gasteiger partial charge in [0.1, 0.15) is 6.04 Å². The Hall–Kier alpha value is -4.66. The first kappa shape index (κ1) is 25.4. The van der Waals surface area contributed by atoms with Crippen LogP contribution in [0.5, 0.6) is 0 Å². The molecule has 0 fully saturated rings. The number of amides is 2. The van der Waals surface area contributed by atoms with Crippen LogP contribution in [0.2, 0.25) is 0 Å². The van der Waals surface area contributed by atoms with Crippen LogP contribution < -0.4 is 16.1 Å². The quantitative estimate of drug-likeness (QED) is 0.248. The molecule has 0 spiro atoms. The Morgan fingerprint density at radius 1 is 1.14 bits per heavy atom. The molecule has 3 aromatic carbocycles. The van der Waals surface area contributed by atoms with Gasteiger partial charge in [-0.3, -0.25) is 14.4 Å². The van der Waals surface area contributed by atoms with Crippen LogP contribution in [-0.2, 0) is 22.6 Å². The number of nitrogens with one attached hydrogen (secondary N) is 1. The third kappa shape index (κ3) is 6.13. The van der Waals surface area contributed by atoms with Crippen molar-refractivity contribution in [2.75, 3.05) is 23.8 Å². The van der Waals surface area contributed by atoms with Gasteiger partial charge in [-0.1, -0.05) is 48.5 Å². The molecule has 9 heteroatoms. The molecule has 0 bridgehead atoms. The van der Waals surface area contributed by atoms with Crippen molar-refractivity contribution >= 4 is 35.4 Å². The fraction of sp³-hybridized carbons (Fsp3) is 0.214. The van der Waals surface area contributed by atoms with E-state index < -0.39 is 12.0 Å². The molecule has 0 aliphatic carbocycles. The minimum atomic E-state index is -1.08. The van der Waals surface area contributed by atoms with Gasteiger partial charge in [-0.15, -0.1) is 0 Å². The molecule has 1 atom stereocenters. The summed E-state index contributed by atoms with van der Waals surface area (Å²) in [5.74, 6) is 3.60. The van der Waals surface area contributed by atoms with Crippen molar-refractivity contribution in [3.63, 3.8) is 0 Å². The fourth-order valence-corrected chi connectivity index (χ4v) is 4.33. The number of carboxylic acid groups (broad SMARTS) is 1. The molecule has 190 valence electrons. The lowest BCUT2D eigenvalue weighted by Gasteiger charge is -2.24. The molecule has 2 amide bonds. The maximum atomic E-state index is 13.3. The van der Waals surface area contributed by atoms with E-state index in [1.165, 1.54) is 11.1 Å². The summed E-state index contributed by atoms with van der Waals surface area (Å²) in [5, 5.41) is 16.0. The molecule has 0 saturated heterocycles. The van der Waals surface area contributed by atoms with Gasteiger partial charge >= 0.3 is 5.97 Å². The van der Waals surface area contributed by atoms with Crippen LogP contribution in [0.4, 0.5) is 11.4 Å². The topological polar surface area (TPSA) is 128 Å². The van der Waals surface area contributed by atoms with Crippen molar-refractivity contribution in [1.82, 2.24) is 4.90 Å². The standard InChI is InChI=1S/C28H29N5O4/c1-32(23-11-7-20(8-12-23)17-30-29)27(36)21-9-10-22-18-33(14-13-19-5-3-2-4-6-19)28(37)25(16-26(34)35)31-24(22)15-21/h2-12,15,17,25,31H,13-14,16,18,29H2,1H3,(H,34,35). The van der Waals surface area contributed by atoms with Crippen molar-refractivity contribution in [2.45, 2.75) is 25.4 Å². The summed E-state index contributed by atoms with van der Waals surface area (Å²) in [4.78, 5) is 41.2. The molecular formula is C28H29N5O4. The lowest BCUT2D eigenvalue weighted by atomic mass is 10.1. The van der Waals surface area contributed by atoms with Crippen LogP contribution in [0, 0.1) is 0 Å². The first-order valence-electron chi connectivity index (χ1n) is 11.9. The van der Waals surface area contributed by atoms with Crippen molar-refractivity contribution in [3.05, 3.63) is 95.1 Å². The largest absolute Gasteiger partial charge is 0.481 e. The number of hydrogen-bond acceptors (Lipinski definition) is 6. The highest BCUT2D eigenvalue weighted by Crippen LogP contribution is 2.27. The predicted octanol–water partition coefficient (Wildman–Crippen LogP) is 3.10. The van der Waals surface area contributed by atoms with Gasteiger partial charge in [0.2, 0.25) is 5.91 Å². The maximum absolute atomic E-state index is 13.3. The number of rotatable bonds is 8. The molecule has 0 radical (unpaired) electrons. The highest BCUT2D eigenvalue weighted by atomic mass is 16.4. The molecule has 1 aliphatic rings. The number of carbonyl (C=O) groups excluding carboxylic acids is 2. The second kappa shape index (κ2) is 11.4. The van der Waals surface area contributed by atoms with Gasteiger partial charge in [0.15, 0.2) is 0 Å². The maximum Gasteiger partial charge on any atom is 0.305 e. The highest BCUT2D eigenvalue weighted by molar-refractivity contribution is 6.06. The number of nitrogens with two attached hydrogens (primary N) is 1. The van der Waals surface area contributed by atoms with E-state index in [9.17, 15) is 19.5 Å². The minimum absolute atomic E-state index is 0.240. The van der Waals surface area contributed by atoms with Gasteiger partial charge in [0.25, 0.3) is 5.91 Å². The van der Waals surface area contributed by atoms with Crippen LogP contribution in [0.25, 0.3) is 0 Å². The number of nitrogens with zero attached hydrogens (tertiary/aromatic N) is 3. The van der Waals surface area contributed by atoms with Gasteiger partial charge in [0, 0.05) is 37.1 Å². The van der Waals surface area contributed by atoms with Crippen LogP contribution >= 0.6 is 0 Å². The van der Waals surface area contributed by atoms with E-state index >= 15 is 0 Å². The molecule has 9 nitrogen and oxygen atoms in total. The van der Waals surface area contributed by atoms with Gasteiger partial charge in [-0.05, 0) is 47.4 Å². The zero-order valence-corrected chi connectivity index (χ0v) is 20.5. The summed E-state index contributed by atoms with van der Waals surface area (Å²) in [6.07, 6.45) is 1.80. The van der Waals surface area contributed by atoms with Gasteiger partial charge in [-0.25, -0.2) is 0 Å². The second-order valence-corrected chi connectivity index (χ2v) is 8.90. The van der Waals surface area contributed by atoms with Crippen LogP contribution in [-0.4, -0.2) is 53.6 Å². The van der Waals surface area contributed by atoms with Gasteiger partial charge in [-0.2, -0.15) is 5.10 Å². The summed E-state index contributed by atoms with van der Waals surface area (Å²) in [6.45, 7) is 0.771. The number of anilines is 2. The third-order valence-corrected chi connectivity index (χ3v) is 6.36. The Balaban J connectivity index is 1.57. The number of carboxylic acids is 1. The Morgan fingerprint density at radius 2 is 1.86 bits per heavy atom. The molecule has 37 heavy (non-hydrogen) atoms. The summed E-state index contributed by atoms with van der Waals surface area (Å²) >= 11 is 0. The number of carbonyl (C=O) groups is 3. The highest BCUT2D eigenvalue weighted by Gasteiger charge is 2.31. The van der Waals surface area contributed by atoms with E-state index in [0.717, 1.165) is 16.7 Å². The van der Waals surface area contributed by atoms with Gasteiger partial charge < -0.3 is 26.1 Å². The monoisotopic (exact) mass is 499 g/mol. The second-order valence-electron chi connectivity index (χ2n) is 8.90. The molecule has 1 unspecified atom stereocenters. The molecule has 1 heterocycles. The molecule has 1 aliphatic heterocycles. The normalized spacial score (nSPS) is 15.1. The van der Waals surface area contributed by atoms with E-state index in [-0.39, 0.29) is 18.2 Å². The van der Waals surface area contributed by atoms with Crippen LogP contribution in [0.15, 0.2) is 77.9 Å². The first-order valence-corrected chi connectivity index (χ1v) is 11.9. The number of hydrogen-bond donors (Lipinski definition) is 3. The summed E-state index contributed by atoms with van der Waals surface area (Å²) in [6, 6.07) is 21.3. The number of benzene rings is 3. The lowest BCUT2D eigenvalue weighted by molar-refractivity contribution is -0.141. The Morgan fingerprint density at radius 3 is 2.54 bits per heavy atom. The van der Waals surface area contributed by atoms with E-state index in [1.54, 1.807) is 48.3 Å². The van der Waals surface area contributed by atoms with Crippen molar-refractivity contribution in [1.29, 1.82) is 0 Å². The molecule has 0 aromatic heterocycles. The van der Waals surface area contributed by atoms with E-state index in [1.807, 2.05) is 36.4 Å². The zero-order valence-electron chi connectivity index (χ0n) is 20.5. The van der Waals surface area contributed by atoms with E-state index in [4.69, 9.17) is 5.84 Å². The number of fused-ring (bicyclic) bond motifs is 1.